The number of benzene rings is 2. The highest BCUT2D eigenvalue weighted by Gasteiger charge is 2.28. The summed E-state index contributed by atoms with van der Waals surface area (Å²) in [7, 11) is 0. The molecule has 2 aromatic rings. The Bertz CT molecular complexity index is 1070. The van der Waals surface area contributed by atoms with Crippen molar-refractivity contribution in [3.8, 4) is 11.5 Å². The van der Waals surface area contributed by atoms with Crippen LogP contribution in [0.25, 0.3) is 0 Å². The fourth-order valence-electron chi connectivity index (χ4n) is 6.08. The third-order valence-electron chi connectivity index (χ3n) is 8.60. The van der Waals surface area contributed by atoms with Gasteiger partial charge in [-0.15, -0.1) is 6.58 Å². The number of unbranched alkanes of at least 4 members (excludes halogenated alkanes) is 2. The summed E-state index contributed by atoms with van der Waals surface area (Å²) in [6.45, 7) is 7.43. The summed E-state index contributed by atoms with van der Waals surface area (Å²) in [5, 5.41) is 0. The molecule has 0 unspecified atom stereocenters. The first-order valence-corrected chi connectivity index (χ1v) is 15.3. The lowest BCUT2D eigenvalue weighted by Crippen LogP contribution is -2.22. The van der Waals surface area contributed by atoms with Gasteiger partial charge in [0.25, 0.3) is 0 Å². The summed E-state index contributed by atoms with van der Waals surface area (Å²) >= 11 is 0. The lowest BCUT2D eigenvalue weighted by Gasteiger charge is -2.30. The summed E-state index contributed by atoms with van der Waals surface area (Å²) in [6, 6.07) is 8.57. The maximum atomic E-state index is 15.0. The molecule has 2 fully saturated rings. The van der Waals surface area contributed by atoms with Crippen molar-refractivity contribution in [3.63, 3.8) is 0 Å². The van der Waals surface area contributed by atoms with Crippen molar-refractivity contribution >= 4 is 0 Å². The third kappa shape index (κ3) is 8.28. The monoisotopic (exact) mass is 558 g/mol. The van der Waals surface area contributed by atoms with Crippen LogP contribution in [0.5, 0.6) is 11.5 Å². The van der Waals surface area contributed by atoms with Crippen molar-refractivity contribution in [2.45, 2.75) is 102 Å². The van der Waals surface area contributed by atoms with Gasteiger partial charge in [-0.05, 0) is 118 Å². The van der Waals surface area contributed by atoms with Gasteiger partial charge >= 0.3 is 0 Å². The first-order valence-electron chi connectivity index (χ1n) is 15.3. The van der Waals surface area contributed by atoms with Crippen LogP contribution in [0.4, 0.5) is 13.2 Å². The van der Waals surface area contributed by atoms with Crippen molar-refractivity contribution in [1.29, 1.82) is 0 Å². The van der Waals surface area contributed by atoms with Crippen LogP contribution in [-0.4, -0.2) is 25.9 Å². The maximum Gasteiger partial charge on any atom is 0.200 e. The molecule has 6 heteroatoms. The van der Waals surface area contributed by atoms with Crippen molar-refractivity contribution in [3.05, 3.63) is 71.6 Å². The molecule has 0 spiro atoms. The van der Waals surface area contributed by atoms with Gasteiger partial charge in [-0.2, -0.15) is 4.39 Å². The van der Waals surface area contributed by atoms with E-state index in [-0.39, 0.29) is 35.4 Å². The second kappa shape index (κ2) is 15.5. The van der Waals surface area contributed by atoms with Crippen LogP contribution in [0.1, 0.15) is 107 Å². The highest BCUT2D eigenvalue weighted by atomic mass is 19.2. The van der Waals surface area contributed by atoms with Crippen LogP contribution in [-0.2, 0) is 4.74 Å². The predicted molar refractivity (Wildman–Crippen MR) is 154 cm³/mol. The van der Waals surface area contributed by atoms with E-state index in [2.05, 4.69) is 13.5 Å². The Morgan fingerprint density at radius 2 is 1.52 bits per heavy atom. The standard InChI is InChI=1S/C34H45F3O3/c1-3-5-7-21-39-31-18-14-27(22-30(31)35)25-10-8-24(9-11-25)23-40-32-19-17-29(33(36)34(32)37)26-12-15-28(16-13-26)38-20-6-4-2/h3,14,17-19,22,24-26,28H,1,4-13,15-16,20-21,23H2,2H3. The van der Waals surface area contributed by atoms with Crippen molar-refractivity contribution < 1.29 is 27.4 Å². The smallest absolute Gasteiger partial charge is 0.200 e. The molecule has 2 aliphatic carbocycles. The molecule has 0 aliphatic heterocycles. The van der Waals surface area contributed by atoms with Gasteiger partial charge in [-0.1, -0.05) is 31.6 Å². The largest absolute Gasteiger partial charge is 0.491 e. The summed E-state index contributed by atoms with van der Waals surface area (Å²) in [4.78, 5) is 0. The molecule has 3 nitrogen and oxygen atoms in total. The van der Waals surface area contributed by atoms with E-state index in [1.165, 1.54) is 0 Å². The minimum absolute atomic E-state index is 0.00860. The zero-order valence-corrected chi connectivity index (χ0v) is 23.9. The van der Waals surface area contributed by atoms with E-state index in [1.807, 2.05) is 12.1 Å². The molecular formula is C34H45F3O3. The minimum Gasteiger partial charge on any atom is -0.491 e. The average Bonchev–Trinajstić information content (AvgIpc) is 2.98. The Balaban J connectivity index is 1.23. The Morgan fingerprint density at radius 3 is 2.23 bits per heavy atom. The number of hydrogen-bond donors (Lipinski definition) is 0. The molecule has 0 aromatic heterocycles. The fraction of sp³-hybridized carbons (Fsp3) is 0.588. The highest BCUT2D eigenvalue weighted by molar-refractivity contribution is 5.34. The number of hydrogen-bond acceptors (Lipinski definition) is 3. The Morgan fingerprint density at radius 1 is 0.800 bits per heavy atom. The minimum atomic E-state index is -0.880. The van der Waals surface area contributed by atoms with E-state index < -0.39 is 11.6 Å². The van der Waals surface area contributed by atoms with E-state index in [4.69, 9.17) is 14.2 Å². The molecule has 0 N–H and O–H groups in total. The number of halogens is 3. The first kappa shape index (κ1) is 30.5. The van der Waals surface area contributed by atoms with Gasteiger partial charge in [0.1, 0.15) is 0 Å². The quantitative estimate of drug-likeness (QED) is 0.171. The lowest BCUT2D eigenvalue weighted by molar-refractivity contribution is 0.0230. The second-order valence-corrected chi connectivity index (χ2v) is 11.5. The normalized spacial score (nSPS) is 23.1. The number of ether oxygens (including phenoxy) is 3. The van der Waals surface area contributed by atoms with Gasteiger partial charge in [0.15, 0.2) is 23.1 Å². The fourth-order valence-corrected chi connectivity index (χ4v) is 6.08. The highest BCUT2D eigenvalue weighted by Crippen LogP contribution is 2.39. The Labute approximate surface area is 238 Å². The van der Waals surface area contributed by atoms with E-state index >= 15 is 4.39 Å². The van der Waals surface area contributed by atoms with Gasteiger partial charge in [-0.25, -0.2) is 8.78 Å². The Hall–Kier alpha value is -2.47. The van der Waals surface area contributed by atoms with Crippen LogP contribution in [0.15, 0.2) is 43.0 Å². The van der Waals surface area contributed by atoms with Crippen molar-refractivity contribution in [2.24, 2.45) is 5.92 Å². The number of rotatable bonds is 14. The summed E-state index contributed by atoms with van der Waals surface area (Å²) < 4.78 is 61.8. The van der Waals surface area contributed by atoms with E-state index in [1.54, 1.807) is 24.3 Å². The van der Waals surface area contributed by atoms with E-state index in [9.17, 15) is 8.78 Å². The van der Waals surface area contributed by atoms with Gasteiger partial charge < -0.3 is 14.2 Å². The third-order valence-corrected chi connectivity index (χ3v) is 8.60. The Kier molecular flexibility index (Phi) is 11.8. The van der Waals surface area contributed by atoms with Gasteiger partial charge in [-0.3, -0.25) is 0 Å². The SMILES string of the molecule is C=CCCCOc1ccc(C2CCC(COc3ccc(C4CCC(OCCCC)CC4)c(F)c3F)CC2)cc1F. The topological polar surface area (TPSA) is 27.7 Å². The lowest BCUT2D eigenvalue weighted by atomic mass is 9.79. The second-order valence-electron chi connectivity index (χ2n) is 11.5. The molecule has 2 aliphatic rings. The molecule has 0 amide bonds. The summed E-state index contributed by atoms with van der Waals surface area (Å²) in [6.07, 6.45) is 12.9. The zero-order valence-electron chi connectivity index (χ0n) is 23.9. The molecule has 0 bridgehead atoms. The van der Waals surface area contributed by atoms with Crippen molar-refractivity contribution in [1.82, 2.24) is 0 Å². The maximum absolute atomic E-state index is 15.0. The number of allylic oxidation sites excluding steroid dienone is 1. The van der Waals surface area contributed by atoms with Gasteiger partial charge in [0, 0.05) is 6.61 Å². The van der Waals surface area contributed by atoms with Crippen LogP contribution in [0.3, 0.4) is 0 Å². The molecule has 2 aromatic carbocycles. The molecule has 0 saturated heterocycles. The van der Waals surface area contributed by atoms with Crippen LogP contribution < -0.4 is 9.47 Å². The first-order chi connectivity index (χ1) is 19.5. The van der Waals surface area contributed by atoms with Crippen LogP contribution >= 0.6 is 0 Å². The van der Waals surface area contributed by atoms with Crippen LogP contribution in [0, 0.1) is 23.4 Å². The summed E-state index contributed by atoms with van der Waals surface area (Å²) in [5.74, 6) is -1.13. The average molecular weight is 559 g/mol. The van der Waals surface area contributed by atoms with Crippen LogP contribution in [0.2, 0.25) is 0 Å². The molecule has 0 heterocycles. The van der Waals surface area contributed by atoms with Crippen molar-refractivity contribution in [2.75, 3.05) is 19.8 Å². The molecule has 0 radical (unpaired) electrons. The van der Waals surface area contributed by atoms with E-state index in [0.717, 1.165) is 89.2 Å². The molecule has 40 heavy (non-hydrogen) atoms. The predicted octanol–water partition coefficient (Wildman–Crippen LogP) is 9.64. The zero-order chi connectivity index (χ0) is 28.3. The van der Waals surface area contributed by atoms with Gasteiger partial charge in [0.05, 0.1) is 19.3 Å². The molecule has 4 rings (SSSR count). The van der Waals surface area contributed by atoms with E-state index in [0.29, 0.717) is 24.5 Å². The molecule has 0 atom stereocenters. The molecular weight excluding hydrogens is 513 g/mol. The summed E-state index contributed by atoms with van der Waals surface area (Å²) in [5.41, 5.74) is 1.44. The molecule has 220 valence electrons. The van der Waals surface area contributed by atoms with Gasteiger partial charge in [0.2, 0.25) is 5.82 Å². The molecule has 2 saturated carbocycles.